The zero-order chi connectivity index (χ0) is 24.5. The minimum atomic E-state index is -0.526. The molecule has 0 saturated heterocycles. The van der Waals surface area contributed by atoms with E-state index in [1.165, 1.54) is 0 Å². The Balaban J connectivity index is 1.64. The molecule has 0 unspecified atom stereocenters. The monoisotopic (exact) mass is 489 g/mol. The van der Waals surface area contributed by atoms with Crippen molar-refractivity contribution in [1.29, 1.82) is 0 Å². The maximum atomic E-state index is 13.6. The molecule has 3 heterocycles. The van der Waals surface area contributed by atoms with Crippen molar-refractivity contribution >= 4 is 28.9 Å². The lowest BCUT2D eigenvalue weighted by Gasteiger charge is -2.27. The first-order chi connectivity index (χ1) is 17.0. The molecule has 1 aliphatic heterocycles. The Hall–Kier alpha value is -4.11. The van der Waals surface area contributed by atoms with E-state index in [2.05, 4.69) is 10.2 Å². The third-order valence-electron chi connectivity index (χ3n) is 5.78. The summed E-state index contributed by atoms with van der Waals surface area (Å²) in [5.74, 6) is -0.323. The number of aromatic nitrogens is 2. The van der Waals surface area contributed by atoms with Crippen LogP contribution in [0.15, 0.2) is 60.0 Å². The van der Waals surface area contributed by atoms with Gasteiger partial charge in [-0.3, -0.25) is 14.8 Å². The fourth-order valence-electron chi connectivity index (χ4n) is 4.28. The van der Waals surface area contributed by atoms with Crippen molar-refractivity contribution in [3.05, 3.63) is 82.4 Å². The van der Waals surface area contributed by atoms with Gasteiger partial charge in [0.15, 0.2) is 17.2 Å². The van der Waals surface area contributed by atoms with E-state index in [4.69, 9.17) is 9.47 Å². The van der Waals surface area contributed by atoms with Gasteiger partial charge < -0.3 is 14.6 Å². The van der Waals surface area contributed by atoms with E-state index in [9.17, 15) is 14.7 Å². The second-order valence-electron chi connectivity index (χ2n) is 7.84. The number of esters is 1. The number of amides is 1. The topological polar surface area (TPSA) is 105 Å². The highest BCUT2D eigenvalue weighted by molar-refractivity contribution is 7.13. The number of phenolic OH excluding ortho intramolecular Hbond substituents is 1. The molecule has 35 heavy (non-hydrogen) atoms. The van der Waals surface area contributed by atoms with E-state index in [1.54, 1.807) is 65.6 Å². The third kappa shape index (κ3) is 3.93. The number of ether oxygens (including phenoxy) is 2. The summed E-state index contributed by atoms with van der Waals surface area (Å²) in [5, 5.41) is 19.6. The lowest BCUT2D eigenvalue weighted by Crippen LogP contribution is -2.29. The van der Waals surface area contributed by atoms with Gasteiger partial charge in [-0.2, -0.15) is 5.10 Å². The first-order valence-corrected chi connectivity index (χ1v) is 12.1. The summed E-state index contributed by atoms with van der Waals surface area (Å²) in [7, 11) is 0. The number of fused-ring (bicyclic) bond motifs is 1. The lowest BCUT2D eigenvalue weighted by atomic mass is 9.97. The van der Waals surface area contributed by atoms with Crippen molar-refractivity contribution in [1.82, 2.24) is 10.2 Å². The van der Waals surface area contributed by atoms with Crippen LogP contribution in [0.2, 0.25) is 0 Å². The van der Waals surface area contributed by atoms with Gasteiger partial charge in [0.1, 0.15) is 0 Å². The molecule has 8 nitrogen and oxygen atoms in total. The predicted octanol–water partition coefficient (Wildman–Crippen LogP) is 5.17. The summed E-state index contributed by atoms with van der Waals surface area (Å²) >= 11 is 1.55. The smallest absolute Gasteiger partial charge is 0.338 e. The number of hydrogen-bond donors (Lipinski definition) is 2. The maximum Gasteiger partial charge on any atom is 0.338 e. The Morgan fingerprint density at radius 3 is 2.63 bits per heavy atom. The predicted molar refractivity (Wildman–Crippen MR) is 132 cm³/mol. The van der Waals surface area contributed by atoms with Crippen LogP contribution in [0.1, 0.15) is 51.9 Å². The number of hydrogen-bond acceptors (Lipinski definition) is 7. The first kappa shape index (κ1) is 22.7. The lowest BCUT2D eigenvalue weighted by molar-refractivity contribution is 0.0526. The number of carbonyl (C=O) groups is 2. The summed E-state index contributed by atoms with van der Waals surface area (Å²) < 4.78 is 10.7. The van der Waals surface area contributed by atoms with Crippen LogP contribution >= 0.6 is 11.3 Å². The van der Waals surface area contributed by atoms with Crippen LogP contribution in [0, 0.1) is 0 Å². The minimum Gasteiger partial charge on any atom is -0.504 e. The molecule has 0 radical (unpaired) electrons. The average Bonchev–Trinajstić information content (AvgIpc) is 3.59. The largest absolute Gasteiger partial charge is 0.504 e. The van der Waals surface area contributed by atoms with Crippen molar-refractivity contribution in [2.24, 2.45) is 0 Å². The summed E-state index contributed by atoms with van der Waals surface area (Å²) in [5.41, 5.74) is 3.62. The van der Waals surface area contributed by atoms with Gasteiger partial charge >= 0.3 is 5.97 Å². The number of aromatic hydroxyl groups is 1. The van der Waals surface area contributed by atoms with Crippen LogP contribution in [0.25, 0.3) is 10.6 Å². The van der Waals surface area contributed by atoms with Gasteiger partial charge in [-0.15, -0.1) is 11.3 Å². The number of phenols is 1. The number of carbonyl (C=O) groups excluding carboxylic acids is 2. The summed E-state index contributed by atoms with van der Waals surface area (Å²) in [6.45, 7) is 4.26. The zero-order valence-corrected chi connectivity index (χ0v) is 20.0. The number of H-pyrrole nitrogens is 1. The number of aromatic amines is 1. The van der Waals surface area contributed by atoms with Crippen molar-refractivity contribution in [3.8, 4) is 22.1 Å². The van der Waals surface area contributed by atoms with Gasteiger partial charge in [-0.1, -0.05) is 12.1 Å². The number of benzene rings is 2. The fraction of sp³-hybridized carbons (Fsp3) is 0.192. The van der Waals surface area contributed by atoms with Crippen LogP contribution in [-0.4, -0.2) is 40.4 Å². The second kappa shape index (κ2) is 9.27. The molecule has 5 rings (SSSR count). The third-order valence-corrected chi connectivity index (χ3v) is 6.67. The molecule has 0 fully saturated rings. The van der Waals surface area contributed by atoms with Gasteiger partial charge in [0, 0.05) is 11.3 Å². The van der Waals surface area contributed by atoms with Gasteiger partial charge in [-0.25, -0.2) is 4.79 Å². The second-order valence-corrected chi connectivity index (χ2v) is 8.79. The van der Waals surface area contributed by atoms with E-state index in [1.807, 2.05) is 24.4 Å². The molecule has 1 amide bonds. The Kier molecular flexibility index (Phi) is 6.00. The fourth-order valence-corrected chi connectivity index (χ4v) is 5.01. The van der Waals surface area contributed by atoms with Crippen LogP contribution in [-0.2, 0) is 4.74 Å². The first-order valence-electron chi connectivity index (χ1n) is 11.2. The van der Waals surface area contributed by atoms with Crippen LogP contribution in [0.5, 0.6) is 11.5 Å². The van der Waals surface area contributed by atoms with E-state index in [0.29, 0.717) is 29.3 Å². The molecule has 0 aliphatic carbocycles. The molecule has 1 atom stereocenters. The van der Waals surface area contributed by atoms with E-state index >= 15 is 0 Å². The Morgan fingerprint density at radius 1 is 1.14 bits per heavy atom. The van der Waals surface area contributed by atoms with E-state index in [0.717, 1.165) is 21.7 Å². The molecule has 2 aromatic heterocycles. The number of anilines is 1. The van der Waals surface area contributed by atoms with Crippen LogP contribution in [0.4, 0.5) is 5.69 Å². The highest BCUT2D eigenvalue weighted by Gasteiger charge is 2.43. The van der Waals surface area contributed by atoms with Gasteiger partial charge in [0.05, 0.1) is 35.4 Å². The van der Waals surface area contributed by atoms with Crippen LogP contribution < -0.4 is 9.64 Å². The van der Waals surface area contributed by atoms with Gasteiger partial charge in [0.25, 0.3) is 5.91 Å². The van der Waals surface area contributed by atoms with Crippen LogP contribution in [0.3, 0.4) is 0 Å². The Labute approximate surface area is 205 Å². The Bertz CT molecular complexity index is 1380. The molecule has 4 aromatic rings. The van der Waals surface area contributed by atoms with E-state index < -0.39 is 12.0 Å². The number of nitrogens with one attached hydrogen (secondary N) is 1. The van der Waals surface area contributed by atoms with E-state index in [-0.39, 0.29) is 18.3 Å². The van der Waals surface area contributed by atoms with Crippen molar-refractivity contribution < 1.29 is 24.2 Å². The molecular formula is C26H23N3O5S. The summed E-state index contributed by atoms with van der Waals surface area (Å²) in [6, 6.07) is 15.2. The minimum absolute atomic E-state index is 0.0242. The van der Waals surface area contributed by atoms with Crippen molar-refractivity contribution in [2.75, 3.05) is 18.1 Å². The summed E-state index contributed by atoms with van der Waals surface area (Å²) in [4.78, 5) is 28.4. The van der Waals surface area contributed by atoms with Gasteiger partial charge in [0.2, 0.25) is 0 Å². The highest BCUT2D eigenvalue weighted by Crippen LogP contribution is 2.47. The molecule has 0 spiro atoms. The molecule has 1 aliphatic rings. The Morgan fingerprint density at radius 2 is 1.94 bits per heavy atom. The van der Waals surface area contributed by atoms with Gasteiger partial charge in [-0.05, 0) is 67.3 Å². The molecule has 2 aromatic carbocycles. The molecule has 0 saturated carbocycles. The standard InChI is InChI=1S/C26H23N3O5S/c1-3-33-19-14-16(9-12-18(19)30)24-21-22(20-6-5-13-35-20)27-28-23(21)25(31)29(24)17-10-7-15(8-11-17)26(32)34-4-2/h5-14,24,30H,3-4H2,1-2H3,(H,27,28)/t24-/m1/s1. The number of nitrogens with zero attached hydrogens (tertiary/aromatic N) is 2. The van der Waals surface area contributed by atoms with Crippen molar-refractivity contribution in [2.45, 2.75) is 19.9 Å². The number of rotatable bonds is 7. The zero-order valence-electron chi connectivity index (χ0n) is 19.1. The molecule has 0 bridgehead atoms. The molecule has 178 valence electrons. The maximum absolute atomic E-state index is 13.6. The molecular weight excluding hydrogens is 466 g/mol. The molecule has 2 N–H and O–H groups in total. The quantitative estimate of drug-likeness (QED) is 0.347. The highest BCUT2D eigenvalue weighted by atomic mass is 32.1. The van der Waals surface area contributed by atoms with Crippen molar-refractivity contribution in [3.63, 3.8) is 0 Å². The molecule has 9 heteroatoms. The summed E-state index contributed by atoms with van der Waals surface area (Å²) in [6.07, 6.45) is 0. The normalized spacial score (nSPS) is 14.7. The SMILES string of the molecule is CCOC(=O)c1ccc(N2C(=O)c3n[nH]c(-c4cccs4)c3[C@H]2c2ccc(O)c(OCC)c2)cc1. The average molecular weight is 490 g/mol. The number of thiophene rings is 1.